The van der Waals surface area contributed by atoms with Crippen LogP contribution in [-0.2, 0) is 16.0 Å². The van der Waals surface area contributed by atoms with Crippen molar-refractivity contribution in [2.45, 2.75) is 83.6 Å². The first kappa shape index (κ1) is 24.1. The second-order valence-corrected chi connectivity index (χ2v) is 6.32. The summed E-state index contributed by atoms with van der Waals surface area (Å²) >= 11 is 0. The number of carboxylic acid groups (broad SMARTS) is 1. The molecule has 0 spiro atoms. The molecule has 0 aromatic carbocycles. The molecule has 138 valence electrons. The van der Waals surface area contributed by atoms with Gasteiger partial charge >= 0.3 is 35.5 Å². The van der Waals surface area contributed by atoms with Gasteiger partial charge in [-0.2, -0.15) is 0 Å². The Balaban J connectivity index is 0.00000576. The molecule has 0 radical (unpaired) electrons. The third-order valence-electron chi connectivity index (χ3n) is 4.12. The van der Waals surface area contributed by atoms with E-state index >= 15 is 0 Å². The molecule has 1 amide bonds. The van der Waals surface area contributed by atoms with Crippen LogP contribution in [0, 0.1) is 0 Å². The number of carbonyl (C=O) groups is 2. The number of nitrogens with zero attached hydrogens (tertiary/aromatic N) is 1. The van der Waals surface area contributed by atoms with Crippen LogP contribution in [0.15, 0.2) is 12.5 Å². The maximum absolute atomic E-state index is 11.9. The molecule has 1 heterocycles. The predicted molar refractivity (Wildman–Crippen MR) is 101 cm³/mol. The fourth-order valence-corrected chi connectivity index (χ4v) is 2.68. The van der Waals surface area contributed by atoms with Gasteiger partial charge in [0.1, 0.15) is 6.04 Å². The van der Waals surface area contributed by atoms with Gasteiger partial charge in [-0.15, -0.1) is 0 Å². The van der Waals surface area contributed by atoms with Crippen molar-refractivity contribution in [1.29, 1.82) is 0 Å². The van der Waals surface area contributed by atoms with Crippen LogP contribution < -0.4 is 5.32 Å². The Morgan fingerprint density at radius 2 is 1.72 bits per heavy atom. The average molecular weight is 361 g/mol. The van der Waals surface area contributed by atoms with Crippen molar-refractivity contribution in [3.8, 4) is 0 Å². The number of carboxylic acids is 1. The second kappa shape index (κ2) is 15.4. The first-order valence-corrected chi connectivity index (χ1v) is 9.13. The summed E-state index contributed by atoms with van der Waals surface area (Å²) in [6.07, 6.45) is 14.4. The number of amides is 1. The van der Waals surface area contributed by atoms with E-state index < -0.39 is 12.0 Å². The Hall–Kier alpha value is -0.850. The number of aromatic amines is 1. The first-order chi connectivity index (χ1) is 11.6. The molecule has 1 atom stereocenters. The molecule has 3 N–H and O–H groups in total. The van der Waals surface area contributed by atoms with Crippen molar-refractivity contribution >= 4 is 41.4 Å². The van der Waals surface area contributed by atoms with E-state index in [1.54, 1.807) is 6.20 Å². The Morgan fingerprint density at radius 3 is 2.24 bits per heavy atom. The number of unbranched alkanes of at least 4 members (excludes halogenated alkanes) is 8. The van der Waals surface area contributed by atoms with Crippen LogP contribution in [0.25, 0.3) is 0 Å². The van der Waals surface area contributed by atoms with E-state index in [1.807, 2.05) is 0 Å². The molecular formula is C18H32N3NaO3. The van der Waals surface area contributed by atoms with Gasteiger partial charge in [-0.1, -0.05) is 58.3 Å². The average Bonchev–Trinajstić information content (AvgIpc) is 3.05. The summed E-state index contributed by atoms with van der Waals surface area (Å²) in [5, 5.41) is 11.8. The van der Waals surface area contributed by atoms with Crippen molar-refractivity contribution in [3.63, 3.8) is 0 Å². The van der Waals surface area contributed by atoms with Crippen molar-refractivity contribution in [2.24, 2.45) is 0 Å². The van der Waals surface area contributed by atoms with Gasteiger partial charge in [0, 0.05) is 24.7 Å². The third-order valence-corrected chi connectivity index (χ3v) is 4.12. The molecule has 0 aliphatic carbocycles. The predicted octanol–water partition coefficient (Wildman–Crippen LogP) is 2.79. The SMILES string of the molecule is CCCCCCCCCCCC(=O)N[C@@H](Cc1cnc[nH]1)C(=O)O.[NaH]. The van der Waals surface area contributed by atoms with Crippen molar-refractivity contribution < 1.29 is 14.7 Å². The molecule has 1 aromatic rings. The molecule has 0 aliphatic rings. The third kappa shape index (κ3) is 12.2. The van der Waals surface area contributed by atoms with E-state index in [-0.39, 0.29) is 41.9 Å². The Kier molecular flexibility index (Phi) is 14.9. The van der Waals surface area contributed by atoms with Gasteiger partial charge in [0.05, 0.1) is 6.33 Å². The fourth-order valence-electron chi connectivity index (χ4n) is 2.68. The normalized spacial score (nSPS) is 11.6. The number of imidazole rings is 1. The van der Waals surface area contributed by atoms with Crippen LogP contribution >= 0.6 is 0 Å². The Morgan fingerprint density at radius 1 is 1.12 bits per heavy atom. The van der Waals surface area contributed by atoms with Gasteiger partial charge in [-0.25, -0.2) is 9.78 Å². The van der Waals surface area contributed by atoms with Gasteiger partial charge < -0.3 is 15.4 Å². The summed E-state index contributed by atoms with van der Waals surface area (Å²) in [4.78, 5) is 29.8. The standard InChI is InChI=1S/C18H31N3O3.Na.H/c1-2-3-4-5-6-7-8-9-10-11-17(22)21-16(18(23)24)12-15-13-19-14-20-15;;/h13-14,16H,2-12H2,1H3,(H,19,20)(H,21,22)(H,23,24);;/t16-;;/m0../s1. The van der Waals surface area contributed by atoms with Crippen LogP contribution in [0.5, 0.6) is 0 Å². The summed E-state index contributed by atoms with van der Waals surface area (Å²) in [6.45, 7) is 2.22. The van der Waals surface area contributed by atoms with E-state index in [0.29, 0.717) is 12.1 Å². The molecule has 0 aliphatic heterocycles. The monoisotopic (exact) mass is 361 g/mol. The zero-order chi connectivity index (χ0) is 17.6. The fraction of sp³-hybridized carbons (Fsp3) is 0.722. The first-order valence-electron chi connectivity index (χ1n) is 9.13. The molecule has 6 nitrogen and oxygen atoms in total. The zero-order valence-electron chi connectivity index (χ0n) is 14.7. The van der Waals surface area contributed by atoms with E-state index in [0.717, 1.165) is 19.3 Å². The molecule has 1 aromatic heterocycles. The molecule has 0 bridgehead atoms. The molecular weight excluding hydrogens is 329 g/mol. The second-order valence-electron chi connectivity index (χ2n) is 6.32. The number of rotatable bonds is 14. The molecule has 0 fully saturated rings. The number of H-pyrrole nitrogens is 1. The number of aliphatic carboxylic acids is 1. The number of nitrogens with one attached hydrogen (secondary N) is 2. The van der Waals surface area contributed by atoms with Crippen LogP contribution in [0.4, 0.5) is 0 Å². The number of aromatic nitrogens is 2. The van der Waals surface area contributed by atoms with Gasteiger partial charge in [0.25, 0.3) is 0 Å². The zero-order valence-corrected chi connectivity index (χ0v) is 14.7. The molecule has 7 heteroatoms. The maximum atomic E-state index is 11.9. The summed E-state index contributed by atoms with van der Waals surface area (Å²) in [6, 6.07) is -0.906. The van der Waals surface area contributed by atoms with Gasteiger partial charge in [0.15, 0.2) is 0 Å². The van der Waals surface area contributed by atoms with E-state index in [1.165, 1.54) is 44.9 Å². The summed E-state index contributed by atoms with van der Waals surface area (Å²) < 4.78 is 0. The number of hydrogen-bond acceptors (Lipinski definition) is 3. The summed E-state index contributed by atoms with van der Waals surface area (Å²) in [7, 11) is 0. The van der Waals surface area contributed by atoms with Crippen molar-refractivity contribution in [2.75, 3.05) is 0 Å². The minimum atomic E-state index is -1.02. The van der Waals surface area contributed by atoms with Crippen molar-refractivity contribution in [3.05, 3.63) is 18.2 Å². The molecule has 0 saturated heterocycles. The van der Waals surface area contributed by atoms with E-state index in [4.69, 9.17) is 0 Å². The van der Waals surface area contributed by atoms with Crippen LogP contribution in [-0.4, -0.2) is 62.6 Å². The van der Waals surface area contributed by atoms with Gasteiger partial charge in [-0.05, 0) is 6.42 Å². The van der Waals surface area contributed by atoms with Gasteiger partial charge in [-0.3, -0.25) is 4.79 Å². The van der Waals surface area contributed by atoms with Crippen LogP contribution in [0.2, 0.25) is 0 Å². The quantitative estimate of drug-likeness (QED) is 0.351. The Labute approximate surface area is 172 Å². The van der Waals surface area contributed by atoms with Crippen LogP contribution in [0.1, 0.15) is 76.8 Å². The van der Waals surface area contributed by atoms with Crippen molar-refractivity contribution in [1.82, 2.24) is 15.3 Å². The topological polar surface area (TPSA) is 95.1 Å². The molecule has 0 unspecified atom stereocenters. The summed E-state index contributed by atoms with van der Waals surface area (Å²) in [5.41, 5.74) is 0.700. The number of carbonyl (C=O) groups excluding carboxylic acids is 1. The molecule has 0 saturated carbocycles. The van der Waals surface area contributed by atoms with Crippen LogP contribution in [0.3, 0.4) is 0 Å². The molecule has 25 heavy (non-hydrogen) atoms. The van der Waals surface area contributed by atoms with E-state index in [9.17, 15) is 14.7 Å². The van der Waals surface area contributed by atoms with E-state index in [2.05, 4.69) is 22.2 Å². The van der Waals surface area contributed by atoms with Gasteiger partial charge in [0.2, 0.25) is 5.91 Å². The minimum absolute atomic E-state index is 0. The number of hydrogen-bond donors (Lipinski definition) is 3. The molecule has 1 rings (SSSR count). The summed E-state index contributed by atoms with van der Waals surface area (Å²) in [5.74, 6) is -1.21. The Bertz CT molecular complexity index is 466.